The number of aromatic nitrogens is 2. The van der Waals surface area contributed by atoms with Crippen LogP contribution in [0.25, 0.3) is 0 Å². The summed E-state index contributed by atoms with van der Waals surface area (Å²) >= 11 is 0. The van der Waals surface area contributed by atoms with Crippen LogP contribution in [0.4, 0.5) is 11.5 Å². The van der Waals surface area contributed by atoms with Crippen LogP contribution in [0.5, 0.6) is 0 Å². The van der Waals surface area contributed by atoms with Gasteiger partial charge in [0, 0.05) is 23.9 Å². The Morgan fingerprint density at radius 2 is 1.83 bits per heavy atom. The molecule has 0 radical (unpaired) electrons. The third kappa shape index (κ3) is 5.15. The molecule has 1 amide bonds. The SMILES string of the molecule is CC(=O)c1ccc(NC(=O)c2cc(NCCC(C)C)ncn2)cc1. The first kappa shape index (κ1) is 17.6. The number of nitrogens with one attached hydrogen (secondary N) is 2. The smallest absolute Gasteiger partial charge is 0.274 e. The Balaban J connectivity index is 2.00. The van der Waals surface area contributed by atoms with Crippen LogP contribution in [-0.4, -0.2) is 28.2 Å². The number of amides is 1. The predicted octanol–water partition coefficient (Wildman–Crippen LogP) is 3.39. The highest BCUT2D eigenvalue weighted by molar-refractivity contribution is 6.03. The molecule has 6 nitrogen and oxygen atoms in total. The van der Waals surface area contributed by atoms with Crippen molar-refractivity contribution >= 4 is 23.2 Å². The number of hydrogen-bond acceptors (Lipinski definition) is 5. The molecule has 2 N–H and O–H groups in total. The van der Waals surface area contributed by atoms with Gasteiger partial charge in [0.25, 0.3) is 5.91 Å². The number of anilines is 2. The number of nitrogens with zero attached hydrogens (tertiary/aromatic N) is 2. The van der Waals surface area contributed by atoms with Gasteiger partial charge >= 0.3 is 0 Å². The number of Topliss-reactive ketones (excluding diaryl/α,β-unsaturated/α-hetero) is 1. The lowest BCUT2D eigenvalue weighted by atomic mass is 10.1. The summed E-state index contributed by atoms with van der Waals surface area (Å²) in [5.41, 5.74) is 1.50. The monoisotopic (exact) mass is 326 g/mol. The lowest BCUT2D eigenvalue weighted by molar-refractivity contribution is 0.101. The standard InChI is InChI=1S/C18H22N4O2/c1-12(2)8-9-19-17-10-16(20-11-21-17)18(24)22-15-6-4-14(5-7-15)13(3)23/h4-7,10-12H,8-9H2,1-3H3,(H,22,24)(H,19,20,21). The van der Waals surface area contributed by atoms with Gasteiger partial charge in [-0.1, -0.05) is 13.8 Å². The van der Waals surface area contributed by atoms with Crippen molar-refractivity contribution in [3.63, 3.8) is 0 Å². The van der Waals surface area contributed by atoms with E-state index in [-0.39, 0.29) is 17.4 Å². The zero-order valence-corrected chi connectivity index (χ0v) is 14.2. The number of carbonyl (C=O) groups excluding carboxylic acids is 2. The Bertz CT molecular complexity index is 711. The van der Waals surface area contributed by atoms with Gasteiger partial charge in [-0.2, -0.15) is 0 Å². The lowest BCUT2D eigenvalue weighted by Gasteiger charge is -2.09. The van der Waals surface area contributed by atoms with E-state index >= 15 is 0 Å². The topological polar surface area (TPSA) is 84.0 Å². The molecule has 0 bridgehead atoms. The molecule has 6 heteroatoms. The number of rotatable bonds is 7. The fraction of sp³-hybridized carbons (Fsp3) is 0.333. The van der Waals surface area contributed by atoms with Crippen LogP contribution in [0.2, 0.25) is 0 Å². The summed E-state index contributed by atoms with van der Waals surface area (Å²) in [7, 11) is 0. The van der Waals surface area contributed by atoms with Gasteiger partial charge in [0.05, 0.1) is 0 Å². The molecule has 0 unspecified atom stereocenters. The van der Waals surface area contributed by atoms with Crippen LogP contribution in [-0.2, 0) is 0 Å². The van der Waals surface area contributed by atoms with Gasteiger partial charge in [-0.25, -0.2) is 9.97 Å². The summed E-state index contributed by atoms with van der Waals surface area (Å²) in [5.74, 6) is 0.892. The Labute approximate surface area is 141 Å². The highest BCUT2D eigenvalue weighted by Gasteiger charge is 2.09. The minimum absolute atomic E-state index is 0.0132. The predicted molar refractivity (Wildman–Crippen MR) is 94.4 cm³/mol. The molecule has 1 aromatic heterocycles. The van der Waals surface area contributed by atoms with E-state index in [2.05, 4.69) is 34.4 Å². The Hall–Kier alpha value is -2.76. The third-order valence-corrected chi connectivity index (χ3v) is 3.48. The molecule has 0 atom stereocenters. The second-order valence-corrected chi connectivity index (χ2v) is 5.99. The van der Waals surface area contributed by atoms with Gasteiger partial charge in [-0.15, -0.1) is 0 Å². The van der Waals surface area contributed by atoms with E-state index in [4.69, 9.17) is 0 Å². The van der Waals surface area contributed by atoms with E-state index in [1.807, 2.05) is 0 Å². The molecular formula is C18H22N4O2. The average molecular weight is 326 g/mol. The summed E-state index contributed by atoms with van der Waals surface area (Å²) < 4.78 is 0. The van der Waals surface area contributed by atoms with Gasteiger partial charge in [0.1, 0.15) is 17.8 Å². The molecule has 0 aliphatic carbocycles. The van der Waals surface area contributed by atoms with Gasteiger partial charge in [0.2, 0.25) is 0 Å². The van der Waals surface area contributed by atoms with E-state index in [0.29, 0.717) is 23.0 Å². The molecule has 126 valence electrons. The highest BCUT2D eigenvalue weighted by Crippen LogP contribution is 2.12. The van der Waals surface area contributed by atoms with Gasteiger partial charge in [-0.3, -0.25) is 9.59 Å². The number of carbonyl (C=O) groups is 2. The first-order valence-electron chi connectivity index (χ1n) is 7.94. The normalized spacial score (nSPS) is 10.5. The molecule has 0 aliphatic heterocycles. The minimum atomic E-state index is -0.320. The number of benzene rings is 1. The van der Waals surface area contributed by atoms with Crippen LogP contribution in [0.15, 0.2) is 36.7 Å². The van der Waals surface area contributed by atoms with Crippen molar-refractivity contribution in [2.45, 2.75) is 27.2 Å². The van der Waals surface area contributed by atoms with Crippen LogP contribution < -0.4 is 10.6 Å². The molecule has 0 aliphatic rings. The van der Waals surface area contributed by atoms with Crippen LogP contribution in [0.3, 0.4) is 0 Å². The van der Waals surface area contributed by atoms with Gasteiger partial charge < -0.3 is 10.6 Å². The Kier molecular flexibility index (Phi) is 6.01. The van der Waals surface area contributed by atoms with Crippen molar-refractivity contribution in [2.75, 3.05) is 17.2 Å². The molecule has 0 saturated carbocycles. The van der Waals surface area contributed by atoms with Crippen molar-refractivity contribution in [3.05, 3.63) is 47.9 Å². The summed E-state index contributed by atoms with van der Waals surface area (Å²) in [5, 5.41) is 5.94. The third-order valence-electron chi connectivity index (χ3n) is 3.48. The molecule has 0 spiro atoms. The van der Waals surface area contributed by atoms with E-state index < -0.39 is 0 Å². The zero-order valence-electron chi connectivity index (χ0n) is 14.2. The lowest BCUT2D eigenvalue weighted by Crippen LogP contribution is -2.15. The molecule has 2 aromatic rings. The van der Waals surface area contributed by atoms with Crippen LogP contribution >= 0.6 is 0 Å². The molecule has 1 aromatic carbocycles. The first-order valence-corrected chi connectivity index (χ1v) is 7.94. The summed E-state index contributed by atoms with van der Waals surface area (Å²) in [6, 6.07) is 8.36. The van der Waals surface area contributed by atoms with Crippen molar-refractivity contribution in [1.29, 1.82) is 0 Å². The molecule has 0 fully saturated rings. The number of hydrogen-bond donors (Lipinski definition) is 2. The highest BCUT2D eigenvalue weighted by atomic mass is 16.2. The molecule has 1 heterocycles. The van der Waals surface area contributed by atoms with Crippen molar-refractivity contribution in [1.82, 2.24) is 9.97 Å². The quantitative estimate of drug-likeness (QED) is 0.762. The minimum Gasteiger partial charge on any atom is -0.370 e. The maximum absolute atomic E-state index is 12.3. The first-order chi connectivity index (χ1) is 11.5. The Morgan fingerprint density at radius 3 is 2.46 bits per heavy atom. The zero-order chi connectivity index (χ0) is 17.5. The van der Waals surface area contributed by atoms with Gasteiger partial charge in [-0.05, 0) is 43.5 Å². The van der Waals surface area contributed by atoms with E-state index in [1.165, 1.54) is 13.3 Å². The number of ketones is 1. The fourth-order valence-corrected chi connectivity index (χ4v) is 2.05. The summed E-state index contributed by atoms with van der Waals surface area (Å²) in [6.07, 6.45) is 2.39. The second kappa shape index (κ2) is 8.19. The largest absolute Gasteiger partial charge is 0.370 e. The van der Waals surface area contributed by atoms with Gasteiger partial charge in [0.15, 0.2) is 5.78 Å². The summed E-state index contributed by atoms with van der Waals surface area (Å²) in [4.78, 5) is 31.7. The van der Waals surface area contributed by atoms with Crippen molar-refractivity contribution < 1.29 is 9.59 Å². The summed E-state index contributed by atoms with van der Waals surface area (Å²) in [6.45, 7) is 6.60. The Morgan fingerprint density at radius 1 is 1.12 bits per heavy atom. The maximum Gasteiger partial charge on any atom is 0.274 e. The molecule has 0 saturated heterocycles. The van der Waals surface area contributed by atoms with E-state index in [9.17, 15) is 9.59 Å². The average Bonchev–Trinajstić information content (AvgIpc) is 2.55. The maximum atomic E-state index is 12.3. The van der Waals surface area contributed by atoms with Crippen LogP contribution in [0, 0.1) is 5.92 Å². The molecular weight excluding hydrogens is 304 g/mol. The van der Waals surface area contributed by atoms with E-state index in [1.54, 1.807) is 30.3 Å². The fourth-order valence-electron chi connectivity index (χ4n) is 2.05. The molecule has 2 rings (SSSR count). The molecule has 24 heavy (non-hydrogen) atoms. The second-order valence-electron chi connectivity index (χ2n) is 5.99. The van der Waals surface area contributed by atoms with Crippen molar-refractivity contribution in [2.24, 2.45) is 5.92 Å². The van der Waals surface area contributed by atoms with E-state index in [0.717, 1.165) is 13.0 Å². The van der Waals surface area contributed by atoms with Crippen LogP contribution in [0.1, 0.15) is 48.0 Å². The van der Waals surface area contributed by atoms with Crippen molar-refractivity contribution in [3.8, 4) is 0 Å².